The first-order valence-electron chi connectivity index (χ1n) is 11.7. The van der Waals surface area contributed by atoms with Gasteiger partial charge in [0, 0.05) is 38.0 Å². The summed E-state index contributed by atoms with van der Waals surface area (Å²) in [7, 11) is 1.65. The molecule has 0 saturated carbocycles. The number of carbonyl (C=O) groups is 1. The molecular formula is C28H29N3O3. The Morgan fingerprint density at radius 1 is 0.971 bits per heavy atom. The average molecular weight is 456 g/mol. The van der Waals surface area contributed by atoms with Gasteiger partial charge in [0.25, 0.3) is 0 Å². The van der Waals surface area contributed by atoms with Crippen LogP contribution in [0.3, 0.4) is 0 Å². The third-order valence-electron chi connectivity index (χ3n) is 6.32. The van der Waals surface area contributed by atoms with Crippen molar-refractivity contribution >= 4 is 16.9 Å². The molecule has 3 aromatic carbocycles. The number of aromatic nitrogens is 2. The van der Waals surface area contributed by atoms with Gasteiger partial charge in [0.1, 0.15) is 17.3 Å². The van der Waals surface area contributed by atoms with Crippen molar-refractivity contribution in [1.29, 1.82) is 0 Å². The Morgan fingerprint density at radius 2 is 1.76 bits per heavy atom. The summed E-state index contributed by atoms with van der Waals surface area (Å²) in [5.74, 6) is 2.85. The van der Waals surface area contributed by atoms with Gasteiger partial charge in [0.05, 0.1) is 24.8 Å². The molecule has 1 atom stereocenters. The molecule has 0 radical (unpaired) electrons. The zero-order valence-electron chi connectivity index (χ0n) is 19.4. The van der Waals surface area contributed by atoms with E-state index in [-0.39, 0.29) is 11.8 Å². The first-order valence-corrected chi connectivity index (χ1v) is 11.7. The van der Waals surface area contributed by atoms with Crippen LogP contribution in [0, 0.1) is 0 Å². The van der Waals surface area contributed by atoms with Crippen LogP contribution >= 0.6 is 0 Å². The highest BCUT2D eigenvalue weighted by Crippen LogP contribution is 2.31. The molecule has 0 N–H and O–H groups in total. The SMILES string of the molecule is COc1cccc(OCCCn2c(C3CC(=O)N(Cc4ccccc4)C3)nc3ccccc32)c1. The number of carbonyl (C=O) groups excluding carboxylic acids is 1. The van der Waals surface area contributed by atoms with Crippen molar-refractivity contribution in [1.82, 2.24) is 14.5 Å². The lowest BCUT2D eigenvalue weighted by Crippen LogP contribution is -2.24. The summed E-state index contributed by atoms with van der Waals surface area (Å²) in [5, 5.41) is 0. The summed E-state index contributed by atoms with van der Waals surface area (Å²) >= 11 is 0. The topological polar surface area (TPSA) is 56.6 Å². The third kappa shape index (κ3) is 4.76. The second-order valence-corrected chi connectivity index (χ2v) is 8.65. The number of hydrogen-bond acceptors (Lipinski definition) is 4. The maximum absolute atomic E-state index is 12.8. The number of likely N-dealkylation sites (tertiary alicyclic amines) is 1. The quantitative estimate of drug-likeness (QED) is 0.332. The maximum Gasteiger partial charge on any atom is 0.223 e. The first kappa shape index (κ1) is 22.0. The molecule has 4 aromatic rings. The van der Waals surface area contributed by atoms with Gasteiger partial charge in [-0.05, 0) is 36.2 Å². The minimum absolute atomic E-state index is 0.0860. The molecule has 174 valence electrons. The number of nitrogens with zero attached hydrogens (tertiary/aromatic N) is 3. The van der Waals surface area contributed by atoms with Crippen LogP contribution < -0.4 is 9.47 Å². The second-order valence-electron chi connectivity index (χ2n) is 8.65. The van der Waals surface area contributed by atoms with Crippen LogP contribution in [0.5, 0.6) is 11.5 Å². The molecule has 1 unspecified atom stereocenters. The summed E-state index contributed by atoms with van der Waals surface area (Å²) in [6.07, 6.45) is 1.33. The van der Waals surface area contributed by atoms with Crippen LogP contribution in [-0.2, 0) is 17.9 Å². The molecule has 6 nitrogen and oxygen atoms in total. The van der Waals surface area contributed by atoms with Gasteiger partial charge in [0.15, 0.2) is 0 Å². The minimum atomic E-state index is 0.0860. The van der Waals surface area contributed by atoms with Crippen molar-refractivity contribution in [2.75, 3.05) is 20.3 Å². The Kier molecular flexibility index (Phi) is 6.47. The largest absolute Gasteiger partial charge is 0.497 e. The van der Waals surface area contributed by atoms with Gasteiger partial charge in [0.2, 0.25) is 5.91 Å². The zero-order valence-corrected chi connectivity index (χ0v) is 19.4. The fraction of sp³-hybridized carbons (Fsp3) is 0.286. The molecule has 1 aliphatic rings. The molecule has 0 spiro atoms. The van der Waals surface area contributed by atoms with Gasteiger partial charge in [-0.2, -0.15) is 0 Å². The van der Waals surface area contributed by atoms with E-state index >= 15 is 0 Å². The molecular weight excluding hydrogens is 426 g/mol. The third-order valence-corrected chi connectivity index (χ3v) is 6.32. The van der Waals surface area contributed by atoms with E-state index in [1.165, 1.54) is 0 Å². The van der Waals surface area contributed by atoms with Gasteiger partial charge >= 0.3 is 0 Å². The summed E-state index contributed by atoms with van der Waals surface area (Å²) in [5.41, 5.74) is 3.23. The maximum atomic E-state index is 12.8. The highest BCUT2D eigenvalue weighted by Gasteiger charge is 2.33. The first-order chi connectivity index (χ1) is 16.7. The zero-order chi connectivity index (χ0) is 23.3. The molecule has 0 aliphatic carbocycles. The Bertz CT molecular complexity index is 1270. The van der Waals surface area contributed by atoms with Gasteiger partial charge in [-0.3, -0.25) is 4.79 Å². The molecule has 34 heavy (non-hydrogen) atoms. The molecule has 1 aliphatic heterocycles. The van der Waals surface area contributed by atoms with E-state index in [2.05, 4.69) is 22.8 Å². The van der Waals surface area contributed by atoms with E-state index in [0.29, 0.717) is 26.1 Å². The summed E-state index contributed by atoms with van der Waals surface area (Å²) in [6.45, 7) is 2.70. The van der Waals surface area contributed by atoms with Crippen molar-refractivity contribution < 1.29 is 14.3 Å². The monoisotopic (exact) mass is 455 g/mol. The van der Waals surface area contributed by atoms with E-state index in [9.17, 15) is 4.79 Å². The van der Waals surface area contributed by atoms with Crippen LogP contribution in [-0.4, -0.2) is 40.6 Å². The van der Waals surface area contributed by atoms with E-state index in [1.807, 2.05) is 65.6 Å². The summed E-state index contributed by atoms with van der Waals surface area (Å²) in [6, 6.07) is 26.0. The smallest absolute Gasteiger partial charge is 0.223 e. The lowest BCUT2D eigenvalue weighted by atomic mass is 10.1. The molecule has 1 fully saturated rings. The Labute approximate surface area is 199 Å². The van der Waals surface area contributed by atoms with Gasteiger partial charge in [-0.1, -0.05) is 48.5 Å². The predicted octanol–water partition coefficient (Wildman–Crippen LogP) is 5.03. The van der Waals surface area contributed by atoms with Crippen molar-refractivity contribution in [3.63, 3.8) is 0 Å². The normalized spacial score (nSPS) is 15.7. The number of imidazole rings is 1. The van der Waals surface area contributed by atoms with Crippen molar-refractivity contribution in [3.05, 3.63) is 90.3 Å². The average Bonchev–Trinajstić information content (AvgIpc) is 3.42. The standard InChI is InChI=1S/C28H29N3O3/c1-33-23-11-7-12-24(18-23)34-16-8-15-31-26-14-6-5-13-25(26)29-28(31)22-17-27(32)30(20-22)19-21-9-3-2-4-10-21/h2-7,9-14,18,22H,8,15-17,19-20H2,1H3. The van der Waals surface area contributed by atoms with Crippen molar-refractivity contribution in [3.8, 4) is 11.5 Å². The van der Waals surface area contributed by atoms with E-state index in [0.717, 1.165) is 46.9 Å². The highest BCUT2D eigenvalue weighted by molar-refractivity contribution is 5.81. The number of amides is 1. The van der Waals surface area contributed by atoms with Crippen LogP contribution in [0.1, 0.15) is 30.1 Å². The number of rotatable bonds is 9. The predicted molar refractivity (Wildman–Crippen MR) is 132 cm³/mol. The molecule has 0 bridgehead atoms. The molecule has 2 heterocycles. The van der Waals surface area contributed by atoms with Crippen molar-refractivity contribution in [2.45, 2.75) is 31.8 Å². The number of aryl methyl sites for hydroxylation is 1. The fourth-order valence-electron chi connectivity index (χ4n) is 4.65. The highest BCUT2D eigenvalue weighted by atomic mass is 16.5. The number of hydrogen-bond donors (Lipinski definition) is 0. The summed E-state index contributed by atoms with van der Waals surface area (Å²) < 4.78 is 13.5. The van der Waals surface area contributed by atoms with Gasteiger partial charge in [-0.15, -0.1) is 0 Å². The number of ether oxygens (including phenoxy) is 2. The van der Waals surface area contributed by atoms with Crippen LogP contribution in [0.25, 0.3) is 11.0 Å². The van der Waals surface area contributed by atoms with Crippen LogP contribution in [0.4, 0.5) is 0 Å². The number of fused-ring (bicyclic) bond motifs is 1. The summed E-state index contributed by atoms with van der Waals surface area (Å²) in [4.78, 5) is 19.7. The second kappa shape index (κ2) is 10.00. The Hall–Kier alpha value is -3.80. The van der Waals surface area contributed by atoms with Gasteiger partial charge in [-0.25, -0.2) is 4.98 Å². The molecule has 1 amide bonds. The van der Waals surface area contributed by atoms with Crippen molar-refractivity contribution in [2.24, 2.45) is 0 Å². The number of benzene rings is 3. The van der Waals surface area contributed by atoms with E-state index in [4.69, 9.17) is 14.5 Å². The fourth-order valence-corrected chi connectivity index (χ4v) is 4.65. The number of methoxy groups -OCH3 is 1. The van der Waals surface area contributed by atoms with E-state index in [1.54, 1.807) is 7.11 Å². The van der Waals surface area contributed by atoms with Crippen LogP contribution in [0.15, 0.2) is 78.9 Å². The molecule has 6 heteroatoms. The Morgan fingerprint density at radius 3 is 2.62 bits per heavy atom. The lowest BCUT2D eigenvalue weighted by Gasteiger charge is -2.17. The molecule has 1 saturated heterocycles. The molecule has 5 rings (SSSR count). The lowest BCUT2D eigenvalue weighted by molar-refractivity contribution is -0.128. The number of para-hydroxylation sites is 2. The minimum Gasteiger partial charge on any atom is -0.497 e. The molecule has 1 aromatic heterocycles. The van der Waals surface area contributed by atoms with Crippen LogP contribution in [0.2, 0.25) is 0 Å². The Balaban J connectivity index is 1.29. The van der Waals surface area contributed by atoms with E-state index < -0.39 is 0 Å². The van der Waals surface area contributed by atoms with Gasteiger partial charge < -0.3 is 18.9 Å².